The van der Waals surface area contributed by atoms with Crippen LogP contribution in [0.5, 0.6) is 0 Å². The van der Waals surface area contributed by atoms with Crippen molar-refractivity contribution in [3.8, 4) is 0 Å². The predicted octanol–water partition coefficient (Wildman–Crippen LogP) is 5.67. The van der Waals surface area contributed by atoms with Crippen LogP contribution in [0.2, 0.25) is 0 Å². The third kappa shape index (κ3) is 2.93. The molecule has 4 fully saturated rings. The van der Waals surface area contributed by atoms with Gasteiger partial charge >= 0.3 is 0 Å². The monoisotopic (exact) mass is 418 g/mol. The molecule has 5 heteroatoms. The van der Waals surface area contributed by atoms with E-state index in [1.807, 2.05) is 6.07 Å². The van der Waals surface area contributed by atoms with E-state index in [0.717, 1.165) is 27.2 Å². The van der Waals surface area contributed by atoms with Crippen LogP contribution in [0.1, 0.15) is 50.5 Å². The third-order valence-electron chi connectivity index (χ3n) is 6.44. The van der Waals surface area contributed by atoms with Gasteiger partial charge in [0.2, 0.25) is 5.91 Å². The Morgan fingerprint density at radius 3 is 2.80 bits per heavy atom. The van der Waals surface area contributed by atoms with Gasteiger partial charge in [-0.15, -0.1) is 0 Å². The lowest BCUT2D eigenvalue weighted by molar-refractivity contribution is -0.123. The molecule has 4 aliphatic rings. The third-order valence-corrected chi connectivity index (χ3v) is 8.30. The number of nitrogens with one attached hydrogen (secondary N) is 1. The number of aryl methyl sites for hydroxylation is 1. The molecule has 2 unspecified atom stereocenters. The fraction of sp³-hybridized carbons (Fsp3) is 0.600. The molecule has 3 nitrogen and oxygen atoms in total. The zero-order valence-corrected chi connectivity index (χ0v) is 16.9. The lowest BCUT2D eigenvalue weighted by Crippen LogP contribution is -2.53. The quantitative estimate of drug-likeness (QED) is 0.652. The molecule has 4 atom stereocenters. The van der Waals surface area contributed by atoms with Gasteiger partial charge in [0.15, 0.2) is 5.13 Å². The van der Waals surface area contributed by atoms with Crippen LogP contribution >= 0.6 is 27.3 Å². The Hall–Kier alpha value is -0.940. The minimum absolute atomic E-state index is 0.147. The minimum Gasteiger partial charge on any atom is -0.302 e. The predicted molar refractivity (Wildman–Crippen MR) is 106 cm³/mol. The number of carbonyl (C=O) groups is 1. The Bertz CT molecular complexity index is 846. The molecule has 0 spiro atoms. The van der Waals surface area contributed by atoms with Crippen LogP contribution < -0.4 is 5.32 Å². The highest BCUT2D eigenvalue weighted by molar-refractivity contribution is 9.10. The van der Waals surface area contributed by atoms with Crippen LogP contribution in [0.3, 0.4) is 0 Å². The van der Waals surface area contributed by atoms with Crippen molar-refractivity contribution in [1.82, 2.24) is 4.98 Å². The van der Waals surface area contributed by atoms with E-state index in [2.05, 4.69) is 45.3 Å². The number of halogens is 1. The number of anilines is 1. The number of amides is 1. The van der Waals surface area contributed by atoms with Crippen molar-refractivity contribution in [2.75, 3.05) is 5.32 Å². The molecular formula is C20H23BrN2OS. The van der Waals surface area contributed by atoms with Gasteiger partial charge in [-0.3, -0.25) is 4.79 Å². The van der Waals surface area contributed by atoms with Crippen LogP contribution in [0.15, 0.2) is 18.2 Å². The van der Waals surface area contributed by atoms with Crippen LogP contribution in [-0.4, -0.2) is 15.2 Å². The zero-order valence-electron chi connectivity index (χ0n) is 14.5. The molecule has 6 rings (SSSR count). The summed E-state index contributed by atoms with van der Waals surface area (Å²) in [6, 6.07) is 6.24. The fourth-order valence-corrected chi connectivity index (χ4v) is 8.62. The minimum atomic E-state index is 0.147. The standard InChI is InChI=1S/C20H23BrN2OS/c1-12-2-3-15-16(4-12)25-18(22-15)23-17(24)10-19-6-13-5-14(7-19)9-20(21,8-13)11-19/h2-4,13-14H,5-11H2,1H3,(H,22,23,24)/t13-,14+,19?,20?. The van der Waals surface area contributed by atoms with E-state index in [1.165, 1.54) is 44.1 Å². The number of thiazole rings is 1. The maximum Gasteiger partial charge on any atom is 0.226 e. The van der Waals surface area contributed by atoms with E-state index in [0.29, 0.717) is 10.7 Å². The van der Waals surface area contributed by atoms with Crippen molar-refractivity contribution in [3.63, 3.8) is 0 Å². The molecule has 4 aliphatic carbocycles. The SMILES string of the molecule is Cc1ccc2nc(NC(=O)CC34C[C@@H]5C[C@@H](CC(Br)(C5)C3)C4)sc2c1. The van der Waals surface area contributed by atoms with Gasteiger partial charge in [0.05, 0.1) is 10.2 Å². The molecule has 1 aromatic carbocycles. The average Bonchev–Trinajstić information content (AvgIpc) is 2.84. The summed E-state index contributed by atoms with van der Waals surface area (Å²) in [6.07, 6.45) is 8.30. The van der Waals surface area contributed by atoms with Crippen molar-refractivity contribution < 1.29 is 4.79 Å². The number of hydrogen-bond acceptors (Lipinski definition) is 3. The van der Waals surface area contributed by atoms with Gasteiger partial charge in [0.25, 0.3) is 0 Å². The first-order valence-corrected chi connectivity index (χ1v) is 10.9. The van der Waals surface area contributed by atoms with Gasteiger partial charge in [-0.05, 0) is 80.4 Å². The molecule has 1 N–H and O–H groups in total. The summed E-state index contributed by atoms with van der Waals surface area (Å²) in [5.41, 5.74) is 2.41. The number of fused-ring (bicyclic) bond motifs is 1. The second kappa shape index (κ2) is 5.53. The first-order valence-electron chi connectivity index (χ1n) is 9.26. The highest BCUT2D eigenvalue weighted by Crippen LogP contribution is 2.65. The van der Waals surface area contributed by atoms with Crippen LogP contribution in [0.4, 0.5) is 5.13 Å². The van der Waals surface area contributed by atoms with Crippen molar-refractivity contribution in [2.24, 2.45) is 17.3 Å². The van der Waals surface area contributed by atoms with E-state index in [4.69, 9.17) is 0 Å². The summed E-state index contributed by atoms with van der Waals surface area (Å²) in [6.45, 7) is 2.08. The molecule has 4 bridgehead atoms. The topological polar surface area (TPSA) is 42.0 Å². The van der Waals surface area contributed by atoms with Crippen molar-refractivity contribution >= 4 is 48.5 Å². The lowest BCUT2D eigenvalue weighted by Gasteiger charge is -2.60. The molecule has 132 valence electrons. The van der Waals surface area contributed by atoms with Gasteiger partial charge < -0.3 is 5.32 Å². The molecule has 4 saturated carbocycles. The largest absolute Gasteiger partial charge is 0.302 e. The molecule has 1 aromatic heterocycles. The van der Waals surface area contributed by atoms with Gasteiger partial charge in [-0.25, -0.2) is 4.98 Å². The Balaban J connectivity index is 1.33. The molecule has 0 aliphatic heterocycles. The first-order chi connectivity index (χ1) is 11.9. The molecular weight excluding hydrogens is 396 g/mol. The normalized spacial score (nSPS) is 36.1. The molecule has 25 heavy (non-hydrogen) atoms. The second-order valence-electron chi connectivity index (χ2n) is 8.83. The molecule has 2 aromatic rings. The van der Waals surface area contributed by atoms with E-state index in [1.54, 1.807) is 11.3 Å². The molecule has 1 amide bonds. The van der Waals surface area contributed by atoms with E-state index >= 15 is 0 Å². The molecule has 0 saturated heterocycles. The van der Waals surface area contributed by atoms with E-state index in [9.17, 15) is 4.79 Å². The number of benzene rings is 1. The number of carbonyl (C=O) groups excluding carboxylic acids is 1. The van der Waals surface area contributed by atoms with Crippen LogP contribution in [0, 0.1) is 24.2 Å². The summed E-state index contributed by atoms with van der Waals surface area (Å²) < 4.78 is 1.45. The fourth-order valence-electron chi connectivity index (χ4n) is 6.13. The molecule has 1 heterocycles. The Morgan fingerprint density at radius 2 is 2.08 bits per heavy atom. The van der Waals surface area contributed by atoms with E-state index in [-0.39, 0.29) is 11.3 Å². The second-order valence-corrected chi connectivity index (χ2v) is 11.5. The maximum absolute atomic E-state index is 12.8. The van der Waals surface area contributed by atoms with Gasteiger partial charge in [0.1, 0.15) is 0 Å². The van der Waals surface area contributed by atoms with Gasteiger partial charge in [-0.2, -0.15) is 0 Å². The Labute approximate surface area is 160 Å². The van der Waals surface area contributed by atoms with E-state index < -0.39 is 0 Å². The van der Waals surface area contributed by atoms with Crippen molar-refractivity contribution in [2.45, 2.75) is 56.2 Å². The summed E-state index contributed by atoms with van der Waals surface area (Å²) in [5.74, 6) is 1.78. The zero-order chi connectivity index (χ0) is 17.2. The average molecular weight is 419 g/mol. The Kier molecular flexibility index (Phi) is 3.59. The number of rotatable bonds is 3. The first kappa shape index (κ1) is 16.2. The van der Waals surface area contributed by atoms with Crippen molar-refractivity contribution in [1.29, 1.82) is 0 Å². The van der Waals surface area contributed by atoms with Gasteiger partial charge in [0, 0.05) is 10.7 Å². The molecule has 0 radical (unpaired) electrons. The summed E-state index contributed by atoms with van der Waals surface area (Å²) >= 11 is 5.62. The summed E-state index contributed by atoms with van der Waals surface area (Å²) in [4.78, 5) is 17.4. The maximum atomic E-state index is 12.8. The number of nitrogens with zero attached hydrogens (tertiary/aromatic N) is 1. The number of aromatic nitrogens is 1. The van der Waals surface area contributed by atoms with Crippen LogP contribution in [0.25, 0.3) is 10.2 Å². The Morgan fingerprint density at radius 1 is 1.32 bits per heavy atom. The highest BCUT2D eigenvalue weighted by Gasteiger charge is 2.57. The summed E-state index contributed by atoms with van der Waals surface area (Å²) in [7, 11) is 0. The number of alkyl halides is 1. The smallest absolute Gasteiger partial charge is 0.226 e. The van der Waals surface area contributed by atoms with Crippen molar-refractivity contribution in [3.05, 3.63) is 23.8 Å². The van der Waals surface area contributed by atoms with Crippen LogP contribution in [-0.2, 0) is 4.79 Å². The number of hydrogen-bond donors (Lipinski definition) is 1. The summed E-state index contributed by atoms with van der Waals surface area (Å²) in [5, 5.41) is 3.83. The van der Waals surface area contributed by atoms with Gasteiger partial charge in [-0.1, -0.05) is 33.3 Å². The highest BCUT2D eigenvalue weighted by atomic mass is 79.9. The lowest BCUT2D eigenvalue weighted by atomic mass is 9.48.